The maximum Gasteiger partial charge on any atom is 0.0700 e. The van der Waals surface area contributed by atoms with Crippen LogP contribution in [0.2, 0.25) is 0 Å². The van der Waals surface area contributed by atoms with Crippen molar-refractivity contribution in [3.8, 4) is 0 Å². The van der Waals surface area contributed by atoms with Crippen molar-refractivity contribution in [3.05, 3.63) is 0 Å². The first-order valence-corrected chi connectivity index (χ1v) is 4.24. The lowest BCUT2D eigenvalue weighted by Gasteiger charge is -2.09. The lowest BCUT2D eigenvalue weighted by molar-refractivity contribution is 0.107. The van der Waals surface area contributed by atoms with Crippen LogP contribution in [0.1, 0.15) is 12.8 Å². The molecule has 0 spiro atoms. The molecule has 0 aromatic carbocycles. The van der Waals surface area contributed by atoms with E-state index in [-0.39, 0.29) is 0 Å². The van der Waals surface area contributed by atoms with E-state index in [9.17, 15) is 0 Å². The number of methoxy groups -OCH3 is 1. The van der Waals surface area contributed by atoms with E-state index < -0.39 is 0 Å². The van der Waals surface area contributed by atoms with Crippen LogP contribution in [0.5, 0.6) is 0 Å². The Morgan fingerprint density at radius 1 is 1.64 bits per heavy atom. The zero-order valence-corrected chi connectivity index (χ0v) is 7.14. The summed E-state index contributed by atoms with van der Waals surface area (Å²) in [5.74, 6) is 0. The van der Waals surface area contributed by atoms with Gasteiger partial charge in [-0.25, -0.2) is 0 Å². The Morgan fingerprint density at radius 3 is 3.18 bits per heavy atom. The third kappa shape index (κ3) is 3.70. The molecule has 0 aromatic rings. The summed E-state index contributed by atoms with van der Waals surface area (Å²) < 4.78 is 10.3. The summed E-state index contributed by atoms with van der Waals surface area (Å²) in [6.45, 7) is 3.63. The summed E-state index contributed by atoms with van der Waals surface area (Å²) in [5.41, 5.74) is 0. The summed E-state index contributed by atoms with van der Waals surface area (Å²) in [6, 6.07) is 0. The molecule has 1 saturated heterocycles. The number of ether oxygens (including phenoxy) is 2. The maximum absolute atomic E-state index is 5.43. The van der Waals surface area contributed by atoms with Gasteiger partial charge >= 0.3 is 0 Å². The first kappa shape index (κ1) is 8.97. The average molecular weight is 159 g/mol. The predicted molar refractivity (Wildman–Crippen MR) is 43.7 cm³/mol. The third-order valence-corrected chi connectivity index (χ3v) is 1.88. The molecule has 1 N–H and O–H groups in total. The Hall–Kier alpha value is -0.120. The van der Waals surface area contributed by atoms with Gasteiger partial charge in [0.25, 0.3) is 0 Å². The Kier molecular flexibility index (Phi) is 4.50. The summed E-state index contributed by atoms with van der Waals surface area (Å²) in [5, 5.41) is 3.28. The highest BCUT2D eigenvalue weighted by Crippen LogP contribution is 2.10. The highest BCUT2D eigenvalue weighted by atomic mass is 16.5. The van der Waals surface area contributed by atoms with Crippen molar-refractivity contribution in [2.75, 3.05) is 33.4 Å². The molecule has 1 heterocycles. The number of hydrogen-bond donors (Lipinski definition) is 1. The van der Waals surface area contributed by atoms with Crippen LogP contribution in [0.15, 0.2) is 0 Å². The summed E-state index contributed by atoms with van der Waals surface area (Å²) >= 11 is 0. The van der Waals surface area contributed by atoms with Crippen molar-refractivity contribution in [1.29, 1.82) is 0 Å². The van der Waals surface area contributed by atoms with Crippen LogP contribution in [0.4, 0.5) is 0 Å². The topological polar surface area (TPSA) is 30.5 Å². The highest BCUT2D eigenvalue weighted by molar-refractivity contribution is 4.66. The molecule has 0 radical (unpaired) electrons. The lowest BCUT2D eigenvalue weighted by atomic mass is 10.2. The van der Waals surface area contributed by atoms with Gasteiger partial charge in [-0.1, -0.05) is 0 Å². The largest absolute Gasteiger partial charge is 0.383 e. The van der Waals surface area contributed by atoms with Crippen molar-refractivity contribution in [1.82, 2.24) is 5.32 Å². The molecule has 0 saturated carbocycles. The molecular weight excluding hydrogens is 142 g/mol. The van der Waals surface area contributed by atoms with E-state index in [1.54, 1.807) is 7.11 Å². The van der Waals surface area contributed by atoms with Crippen LogP contribution >= 0.6 is 0 Å². The number of nitrogens with one attached hydrogen (secondary N) is 1. The van der Waals surface area contributed by atoms with Gasteiger partial charge in [0.2, 0.25) is 0 Å². The van der Waals surface area contributed by atoms with Crippen LogP contribution in [0.25, 0.3) is 0 Å². The van der Waals surface area contributed by atoms with E-state index in [0.717, 1.165) is 26.3 Å². The Bertz CT molecular complexity index is 92.1. The first-order valence-electron chi connectivity index (χ1n) is 4.24. The molecule has 0 amide bonds. The predicted octanol–water partition coefficient (Wildman–Crippen LogP) is 0.401. The van der Waals surface area contributed by atoms with Gasteiger partial charge in [0.1, 0.15) is 0 Å². The maximum atomic E-state index is 5.43. The standard InChI is InChI=1S/C8H17NO2/c1-10-6-4-9-7-8-3-2-5-11-8/h8-9H,2-7H2,1H3/t8-/m1/s1. The zero-order valence-electron chi connectivity index (χ0n) is 7.14. The summed E-state index contributed by atoms with van der Waals surface area (Å²) in [7, 11) is 1.72. The summed E-state index contributed by atoms with van der Waals surface area (Å²) in [6.07, 6.45) is 2.88. The van der Waals surface area contributed by atoms with E-state index in [0.29, 0.717) is 6.10 Å². The van der Waals surface area contributed by atoms with Gasteiger partial charge in [0.15, 0.2) is 0 Å². The van der Waals surface area contributed by atoms with Crippen LogP contribution < -0.4 is 5.32 Å². The Balaban J connectivity index is 1.86. The molecule has 3 nitrogen and oxygen atoms in total. The molecule has 1 aliphatic rings. The third-order valence-electron chi connectivity index (χ3n) is 1.88. The van der Waals surface area contributed by atoms with E-state index in [4.69, 9.17) is 9.47 Å². The van der Waals surface area contributed by atoms with Crippen LogP contribution in [0, 0.1) is 0 Å². The molecule has 1 aliphatic heterocycles. The van der Waals surface area contributed by atoms with Crippen molar-refractivity contribution in [2.24, 2.45) is 0 Å². The fourth-order valence-electron chi connectivity index (χ4n) is 1.24. The summed E-state index contributed by atoms with van der Waals surface area (Å²) in [4.78, 5) is 0. The molecule has 0 unspecified atom stereocenters. The van der Waals surface area contributed by atoms with Crippen LogP contribution in [0.3, 0.4) is 0 Å². The van der Waals surface area contributed by atoms with Crippen molar-refractivity contribution in [2.45, 2.75) is 18.9 Å². The fraction of sp³-hybridized carbons (Fsp3) is 1.00. The molecule has 3 heteroatoms. The molecular formula is C8H17NO2. The van der Waals surface area contributed by atoms with Gasteiger partial charge in [-0.2, -0.15) is 0 Å². The monoisotopic (exact) mass is 159 g/mol. The van der Waals surface area contributed by atoms with E-state index in [1.165, 1.54) is 12.8 Å². The second kappa shape index (κ2) is 5.52. The molecule has 1 rings (SSSR count). The van der Waals surface area contributed by atoms with Gasteiger partial charge < -0.3 is 14.8 Å². The van der Waals surface area contributed by atoms with Gasteiger partial charge in [0, 0.05) is 26.8 Å². The number of rotatable bonds is 5. The fourth-order valence-corrected chi connectivity index (χ4v) is 1.24. The Morgan fingerprint density at radius 2 is 2.55 bits per heavy atom. The Labute approximate surface area is 68.1 Å². The minimum Gasteiger partial charge on any atom is -0.383 e. The second-order valence-electron chi connectivity index (χ2n) is 2.83. The van der Waals surface area contributed by atoms with E-state index in [2.05, 4.69) is 5.32 Å². The molecule has 1 atom stereocenters. The van der Waals surface area contributed by atoms with Gasteiger partial charge in [0.05, 0.1) is 12.7 Å². The molecule has 66 valence electrons. The van der Waals surface area contributed by atoms with Gasteiger partial charge in [-0.05, 0) is 12.8 Å². The second-order valence-corrected chi connectivity index (χ2v) is 2.83. The minimum absolute atomic E-state index is 0.451. The minimum atomic E-state index is 0.451. The molecule has 0 aromatic heterocycles. The van der Waals surface area contributed by atoms with Crippen molar-refractivity contribution < 1.29 is 9.47 Å². The smallest absolute Gasteiger partial charge is 0.0700 e. The molecule has 0 aliphatic carbocycles. The van der Waals surface area contributed by atoms with E-state index in [1.807, 2.05) is 0 Å². The van der Waals surface area contributed by atoms with Crippen molar-refractivity contribution >= 4 is 0 Å². The van der Waals surface area contributed by atoms with Gasteiger partial charge in [-0.15, -0.1) is 0 Å². The normalized spacial score (nSPS) is 24.3. The van der Waals surface area contributed by atoms with Gasteiger partial charge in [-0.3, -0.25) is 0 Å². The highest BCUT2D eigenvalue weighted by Gasteiger charge is 2.13. The average Bonchev–Trinajstić information content (AvgIpc) is 2.50. The van der Waals surface area contributed by atoms with E-state index >= 15 is 0 Å². The first-order chi connectivity index (χ1) is 5.43. The van der Waals surface area contributed by atoms with Crippen LogP contribution in [-0.4, -0.2) is 39.5 Å². The van der Waals surface area contributed by atoms with Crippen LogP contribution in [-0.2, 0) is 9.47 Å². The zero-order chi connectivity index (χ0) is 7.94. The van der Waals surface area contributed by atoms with Crippen molar-refractivity contribution in [3.63, 3.8) is 0 Å². The molecule has 11 heavy (non-hydrogen) atoms. The quantitative estimate of drug-likeness (QED) is 0.589. The molecule has 0 bridgehead atoms. The molecule has 1 fully saturated rings. The lowest BCUT2D eigenvalue weighted by Crippen LogP contribution is -2.28. The SMILES string of the molecule is COCCNC[C@H]1CCCO1. The number of hydrogen-bond acceptors (Lipinski definition) is 3.